The van der Waals surface area contributed by atoms with Crippen molar-refractivity contribution in [1.29, 1.82) is 0 Å². The SMILES string of the molecule is Cc1ccc(C(C)(N)CO)c(F)c1. The standard InChI is InChI=1S/C10H14FNO/c1-7-3-4-8(9(11)5-7)10(2,12)6-13/h3-5,13H,6,12H2,1-2H3. The van der Waals surface area contributed by atoms with Crippen LogP contribution >= 0.6 is 0 Å². The lowest BCUT2D eigenvalue weighted by atomic mass is 9.93. The molecule has 1 aromatic carbocycles. The van der Waals surface area contributed by atoms with E-state index in [4.69, 9.17) is 10.8 Å². The third-order valence-electron chi connectivity index (χ3n) is 2.07. The molecule has 0 bridgehead atoms. The molecule has 1 rings (SSSR count). The fourth-order valence-corrected chi connectivity index (χ4v) is 1.17. The summed E-state index contributed by atoms with van der Waals surface area (Å²) < 4.78 is 13.3. The van der Waals surface area contributed by atoms with Crippen molar-refractivity contribution in [2.75, 3.05) is 6.61 Å². The van der Waals surface area contributed by atoms with Gasteiger partial charge in [-0.2, -0.15) is 0 Å². The normalized spacial score (nSPS) is 15.5. The fraction of sp³-hybridized carbons (Fsp3) is 0.400. The van der Waals surface area contributed by atoms with E-state index >= 15 is 0 Å². The quantitative estimate of drug-likeness (QED) is 0.726. The molecule has 1 aromatic rings. The summed E-state index contributed by atoms with van der Waals surface area (Å²) in [4.78, 5) is 0. The van der Waals surface area contributed by atoms with Gasteiger partial charge >= 0.3 is 0 Å². The van der Waals surface area contributed by atoms with E-state index in [0.717, 1.165) is 5.56 Å². The molecule has 13 heavy (non-hydrogen) atoms. The maximum atomic E-state index is 13.3. The van der Waals surface area contributed by atoms with Crippen molar-refractivity contribution in [1.82, 2.24) is 0 Å². The summed E-state index contributed by atoms with van der Waals surface area (Å²) in [7, 11) is 0. The van der Waals surface area contributed by atoms with Gasteiger partial charge in [-0.25, -0.2) is 4.39 Å². The number of rotatable bonds is 2. The zero-order chi connectivity index (χ0) is 10.1. The van der Waals surface area contributed by atoms with E-state index in [1.807, 2.05) is 0 Å². The van der Waals surface area contributed by atoms with E-state index in [-0.39, 0.29) is 12.4 Å². The highest BCUT2D eigenvalue weighted by Crippen LogP contribution is 2.21. The van der Waals surface area contributed by atoms with Gasteiger partial charge in [-0.05, 0) is 25.5 Å². The highest BCUT2D eigenvalue weighted by atomic mass is 19.1. The zero-order valence-electron chi connectivity index (χ0n) is 7.84. The van der Waals surface area contributed by atoms with Crippen LogP contribution < -0.4 is 5.73 Å². The van der Waals surface area contributed by atoms with Gasteiger partial charge in [0, 0.05) is 5.56 Å². The summed E-state index contributed by atoms with van der Waals surface area (Å²) in [6, 6.07) is 4.80. The Morgan fingerprint density at radius 2 is 2.15 bits per heavy atom. The van der Waals surface area contributed by atoms with Crippen molar-refractivity contribution in [3.8, 4) is 0 Å². The first-order valence-corrected chi connectivity index (χ1v) is 4.14. The Hall–Kier alpha value is -0.930. The second-order valence-electron chi connectivity index (χ2n) is 3.56. The molecule has 0 aromatic heterocycles. The maximum absolute atomic E-state index is 13.3. The summed E-state index contributed by atoms with van der Waals surface area (Å²) in [6.07, 6.45) is 0. The molecule has 1 unspecified atom stereocenters. The van der Waals surface area contributed by atoms with Crippen LogP contribution in [-0.4, -0.2) is 11.7 Å². The Bertz CT molecular complexity index is 310. The van der Waals surface area contributed by atoms with Crippen molar-refractivity contribution >= 4 is 0 Å². The molecule has 3 N–H and O–H groups in total. The molecule has 0 aliphatic carbocycles. The first kappa shape index (κ1) is 10.2. The summed E-state index contributed by atoms with van der Waals surface area (Å²) in [5, 5.41) is 8.95. The number of aliphatic hydroxyl groups is 1. The van der Waals surface area contributed by atoms with Crippen molar-refractivity contribution in [2.45, 2.75) is 19.4 Å². The summed E-state index contributed by atoms with van der Waals surface area (Å²) >= 11 is 0. The van der Waals surface area contributed by atoms with Crippen LogP contribution in [0.2, 0.25) is 0 Å². The van der Waals surface area contributed by atoms with Gasteiger partial charge in [0.25, 0.3) is 0 Å². The molecule has 0 aliphatic heterocycles. The molecule has 2 nitrogen and oxygen atoms in total. The van der Waals surface area contributed by atoms with E-state index in [1.165, 1.54) is 6.07 Å². The highest BCUT2D eigenvalue weighted by molar-refractivity contribution is 5.28. The van der Waals surface area contributed by atoms with Crippen LogP contribution in [-0.2, 0) is 5.54 Å². The molecule has 3 heteroatoms. The number of hydrogen-bond acceptors (Lipinski definition) is 2. The van der Waals surface area contributed by atoms with Crippen LogP contribution in [0.1, 0.15) is 18.1 Å². The van der Waals surface area contributed by atoms with Crippen LogP contribution in [0.5, 0.6) is 0 Å². The first-order valence-electron chi connectivity index (χ1n) is 4.14. The van der Waals surface area contributed by atoms with E-state index in [2.05, 4.69) is 0 Å². The third-order valence-corrected chi connectivity index (χ3v) is 2.07. The summed E-state index contributed by atoms with van der Waals surface area (Å²) in [5.74, 6) is -0.362. The van der Waals surface area contributed by atoms with Gasteiger partial charge in [-0.3, -0.25) is 0 Å². The minimum Gasteiger partial charge on any atom is -0.394 e. The number of aliphatic hydroxyl groups excluding tert-OH is 1. The van der Waals surface area contributed by atoms with Gasteiger partial charge < -0.3 is 10.8 Å². The van der Waals surface area contributed by atoms with Crippen molar-refractivity contribution < 1.29 is 9.50 Å². The summed E-state index contributed by atoms with van der Waals surface area (Å²) in [5.41, 5.74) is 5.89. The van der Waals surface area contributed by atoms with Gasteiger partial charge in [0.1, 0.15) is 5.82 Å². The molecule has 0 aliphatic rings. The predicted octanol–water partition coefficient (Wildman–Crippen LogP) is 1.30. The molecular formula is C10H14FNO. The van der Waals surface area contributed by atoms with Crippen molar-refractivity contribution in [2.24, 2.45) is 5.73 Å². The average Bonchev–Trinajstić information content (AvgIpc) is 2.03. The maximum Gasteiger partial charge on any atom is 0.128 e. The molecule has 1 atom stereocenters. The van der Waals surface area contributed by atoms with Gasteiger partial charge in [-0.15, -0.1) is 0 Å². The van der Waals surface area contributed by atoms with Gasteiger partial charge in [0.2, 0.25) is 0 Å². The molecular weight excluding hydrogens is 169 g/mol. The van der Waals surface area contributed by atoms with E-state index in [0.29, 0.717) is 5.56 Å². The van der Waals surface area contributed by atoms with Crippen molar-refractivity contribution in [3.05, 3.63) is 35.1 Å². The van der Waals surface area contributed by atoms with Crippen LogP contribution in [0.4, 0.5) is 4.39 Å². The monoisotopic (exact) mass is 183 g/mol. The second kappa shape index (κ2) is 3.44. The largest absolute Gasteiger partial charge is 0.394 e. The minimum absolute atomic E-state index is 0.271. The van der Waals surface area contributed by atoms with Crippen LogP contribution in [0.3, 0.4) is 0 Å². The molecule has 0 heterocycles. The molecule has 0 spiro atoms. The topological polar surface area (TPSA) is 46.2 Å². The minimum atomic E-state index is -1.00. The van der Waals surface area contributed by atoms with Crippen LogP contribution in [0.15, 0.2) is 18.2 Å². The lowest BCUT2D eigenvalue weighted by Crippen LogP contribution is -2.37. The number of hydrogen-bond donors (Lipinski definition) is 2. The van der Waals surface area contributed by atoms with Crippen LogP contribution in [0.25, 0.3) is 0 Å². The van der Waals surface area contributed by atoms with E-state index in [9.17, 15) is 4.39 Å². The Balaban J connectivity index is 3.16. The Labute approximate surface area is 77.2 Å². The van der Waals surface area contributed by atoms with Gasteiger partial charge in [0.15, 0.2) is 0 Å². The number of nitrogens with two attached hydrogens (primary N) is 1. The van der Waals surface area contributed by atoms with Crippen molar-refractivity contribution in [3.63, 3.8) is 0 Å². The first-order chi connectivity index (χ1) is 5.97. The number of aryl methyl sites for hydroxylation is 1. The molecule has 0 saturated heterocycles. The van der Waals surface area contributed by atoms with Gasteiger partial charge in [0.05, 0.1) is 12.1 Å². The molecule has 0 fully saturated rings. The molecule has 72 valence electrons. The smallest absolute Gasteiger partial charge is 0.128 e. The summed E-state index contributed by atoms with van der Waals surface area (Å²) in [6.45, 7) is 3.13. The van der Waals surface area contributed by atoms with E-state index < -0.39 is 5.54 Å². The van der Waals surface area contributed by atoms with Gasteiger partial charge in [-0.1, -0.05) is 12.1 Å². The zero-order valence-corrected chi connectivity index (χ0v) is 7.84. The Kier molecular flexibility index (Phi) is 2.68. The Morgan fingerprint density at radius 1 is 1.54 bits per heavy atom. The molecule has 0 saturated carbocycles. The third kappa shape index (κ3) is 2.05. The van der Waals surface area contributed by atoms with Crippen LogP contribution in [0, 0.1) is 12.7 Å². The number of benzene rings is 1. The van der Waals surface area contributed by atoms with E-state index in [1.54, 1.807) is 26.0 Å². The Morgan fingerprint density at radius 3 is 2.62 bits per heavy atom. The average molecular weight is 183 g/mol. The fourth-order valence-electron chi connectivity index (χ4n) is 1.17. The lowest BCUT2D eigenvalue weighted by molar-refractivity contribution is 0.206. The highest BCUT2D eigenvalue weighted by Gasteiger charge is 2.23. The number of halogens is 1. The molecule has 0 radical (unpaired) electrons. The second-order valence-corrected chi connectivity index (χ2v) is 3.56. The molecule has 0 amide bonds. The predicted molar refractivity (Wildman–Crippen MR) is 49.8 cm³/mol. The lowest BCUT2D eigenvalue weighted by Gasteiger charge is -2.22.